The molecule has 1 fully saturated rings. The van der Waals surface area contributed by atoms with Crippen LogP contribution in [0.3, 0.4) is 0 Å². The number of likely N-dealkylation sites (N-methyl/N-ethyl adjacent to an activating group) is 1. The van der Waals surface area contributed by atoms with Crippen molar-refractivity contribution in [2.45, 2.75) is 71.4 Å². The molecule has 3 aromatic heterocycles. The van der Waals surface area contributed by atoms with E-state index >= 15 is 0 Å². The molecule has 1 saturated heterocycles. The van der Waals surface area contributed by atoms with Crippen molar-refractivity contribution in [1.82, 2.24) is 24.8 Å². The highest BCUT2D eigenvalue weighted by molar-refractivity contribution is 7.21. The van der Waals surface area contributed by atoms with Crippen molar-refractivity contribution in [3.8, 4) is 10.6 Å². The first-order valence-electron chi connectivity index (χ1n) is 14.2. The fourth-order valence-corrected chi connectivity index (χ4v) is 6.43. The summed E-state index contributed by atoms with van der Waals surface area (Å²) in [4.78, 5) is 37.5. The molecule has 0 saturated carbocycles. The molecule has 0 bridgehead atoms. The van der Waals surface area contributed by atoms with Crippen LogP contribution in [-0.4, -0.2) is 95.1 Å². The largest absolute Gasteiger partial charge is 0.390 e. The van der Waals surface area contributed by atoms with Gasteiger partial charge in [0.1, 0.15) is 29.9 Å². The van der Waals surface area contributed by atoms with Crippen LogP contribution >= 0.6 is 11.3 Å². The average molecular weight is 602 g/mol. The first-order chi connectivity index (χ1) is 20.0. The highest BCUT2D eigenvalue weighted by Crippen LogP contribution is 2.37. The fourth-order valence-electron chi connectivity index (χ4n) is 5.32. The predicted octanol–water partition coefficient (Wildman–Crippen LogP) is 4.52. The summed E-state index contributed by atoms with van der Waals surface area (Å²) in [6.45, 7) is 16.9. The van der Waals surface area contributed by atoms with Gasteiger partial charge in [0.15, 0.2) is 0 Å². The lowest BCUT2D eigenvalue weighted by Crippen LogP contribution is -2.53. The van der Waals surface area contributed by atoms with Gasteiger partial charge in [-0.1, -0.05) is 13.3 Å². The standard InChI is InChI=1S/C28H43N7O2S.2CH2O/c1-8-20(27(4,5)36)9-13-30-24-22(25-33-23-19(3)29-14-10-21(23)38-25)18(2)32-26(34-24)31-17-28(35(6)7)11-15-37-16-12-28;2*1-2/h10,14,20,36H,8-9,11-13,15-17H2,1-7H3,(H2,30,31,32,34);2*1H2. The summed E-state index contributed by atoms with van der Waals surface area (Å²) in [7, 11) is 4.26. The summed E-state index contributed by atoms with van der Waals surface area (Å²) < 4.78 is 6.73. The van der Waals surface area contributed by atoms with Gasteiger partial charge < -0.3 is 35.0 Å². The Hall–Kier alpha value is -3.06. The summed E-state index contributed by atoms with van der Waals surface area (Å²) in [5, 5.41) is 18.6. The Morgan fingerprint density at radius 3 is 2.33 bits per heavy atom. The zero-order chi connectivity index (χ0) is 31.5. The lowest BCUT2D eigenvalue weighted by molar-refractivity contribution is -0.0987. The molecule has 0 amide bonds. The van der Waals surface area contributed by atoms with Crippen molar-refractivity contribution in [1.29, 1.82) is 0 Å². The summed E-state index contributed by atoms with van der Waals surface area (Å²) >= 11 is 1.63. The monoisotopic (exact) mass is 601 g/mol. The predicted molar refractivity (Wildman–Crippen MR) is 170 cm³/mol. The molecular formula is C30H47N7O4S. The number of ether oxygens (including phenoxy) is 1. The quantitative estimate of drug-likeness (QED) is 0.286. The third-order valence-electron chi connectivity index (χ3n) is 8.02. The number of nitrogens with zero attached hydrogens (tertiary/aromatic N) is 5. The number of thiazole rings is 1. The Balaban J connectivity index is 0.00000148. The van der Waals surface area contributed by atoms with Gasteiger partial charge in [-0.25, -0.2) is 9.97 Å². The molecule has 0 spiro atoms. The van der Waals surface area contributed by atoms with E-state index in [1.807, 2.05) is 53.5 Å². The van der Waals surface area contributed by atoms with Crippen LogP contribution in [0.2, 0.25) is 0 Å². The maximum atomic E-state index is 10.6. The van der Waals surface area contributed by atoms with E-state index in [2.05, 4.69) is 41.5 Å². The molecule has 0 aromatic carbocycles. The molecule has 3 aromatic rings. The van der Waals surface area contributed by atoms with Crippen LogP contribution in [0.5, 0.6) is 0 Å². The highest BCUT2D eigenvalue weighted by atomic mass is 32.1. The Morgan fingerprint density at radius 2 is 1.76 bits per heavy atom. The zero-order valence-electron chi connectivity index (χ0n) is 26.1. The third-order valence-corrected chi connectivity index (χ3v) is 9.06. The maximum Gasteiger partial charge on any atom is 0.224 e. The molecule has 1 aliphatic heterocycles. The normalized spacial score (nSPS) is 15.3. The minimum Gasteiger partial charge on any atom is -0.390 e. The van der Waals surface area contributed by atoms with Crippen molar-refractivity contribution in [3.63, 3.8) is 0 Å². The van der Waals surface area contributed by atoms with Gasteiger partial charge >= 0.3 is 0 Å². The highest BCUT2D eigenvalue weighted by Gasteiger charge is 2.35. The molecule has 0 radical (unpaired) electrons. The Labute approximate surface area is 253 Å². The van der Waals surface area contributed by atoms with Gasteiger partial charge in [-0.2, -0.15) is 4.98 Å². The Kier molecular flexibility index (Phi) is 13.4. The Bertz CT molecular complexity index is 1270. The number of nitrogens with one attached hydrogen (secondary N) is 2. The van der Waals surface area contributed by atoms with Gasteiger partial charge in [-0.05, 0) is 73.0 Å². The minimum atomic E-state index is -0.727. The first-order valence-corrected chi connectivity index (χ1v) is 15.0. The molecular weight excluding hydrogens is 554 g/mol. The molecule has 42 heavy (non-hydrogen) atoms. The summed E-state index contributed by atoms with van der Waals surface area (Å²) in [5.41, 5.74) is 2.89. The van der Waals surface area contributed by atoms with Crippen LogP contribution in [0.15, 0.2) is 12.3 Å². The lowest BCUT2D eigenvalue weighted by Gasteiger charge is -2.42. The van der Waals surface area contributed by atoms with Gasteiger partial charge in [-0.3, -0.25) is 4.98 Å². The second kappa shape index (κ2) is 16.0. The number of hydrogen-bond acceptors (Lipinski definition) is 12. The van der Waals surface area contributed by atoms with Crippen LogP contribution in [-0.2, 0) is 14.3 Å². The van der Waals surface area contributed by atoms with Crippen molar-refractivity contribution in [2.24, 2.45) is 5.92 Å². The molecule has 1 atom stereocenters. The number of aliphatic hydroxyl groups is 1. The smallest absolute Gasteiger partial charge is 0.224 e. The topological polar surface area (TPSA) is 142 Å². The number of anilines is 2. The van der Waals surface area contributed by atoms with E-state index < -0.39 is 5.60 Å². The molecule has 232 valence electrons. The lowest BCUT2D eigenvalue weighted by atomic mass is 9.86. The Morgan fingerprint density at radius 1 is 1.10 bits per heavy atom. The van der Waals surface area contributed by atoms with Gasteiger partial charge in [0, 0.05) is 38.0 Å². The zero-order valence-corrected chi connectivity index (χ0v) is 26.9. The number of hydrogen-bond donors (Lipinski definition) is 3. The molecule has 12 heteroatoms. The molecule has 1 unspecified atom stereocenters. The number of carbonyl (C=O) groups excluding carboxylic acids is 2. The number of aryl methyl sites for hydroxylation is 2. The molecule has 0 aliphatic carbocycles. The van der Waals surface area contributed by atoms with Crippen LogP contribution in [0.25, 0.3) is 20.8 Å². The maximum absolute atomic E-state index is 10.6. The van der Waals surface area contributed by atoms with Crippen molar-refractivity contribution in [2.75, 3.05) is 51.0 Å². The van der Waals surface area contributed by atoms with Crippen molar-refractivity contribution < 1.29 is 19.4 Å². The van der Waals surface area contributed by atoms with Gasteiger partial charge in [-0.15, -0.1) is 11.3 Å². The van der Waals surface area contributed by atoms with E-state index in [0.29, 0.717) is 12.5 Å². The molecule has 4 rings (SSSR count). The number of carbonyl (C=O) groups is 2. The van der Waals surface area contributed by atoms with Crippen molar-refractivity contribution >= 4 is 46.9 Å². The van der Waals surface area contributed by atoms with Gasteiger partial charge in [0.2, 0.25) is 5.95 Å². The molecule has 4 heterocycles. The minimum absolute atomic E-state index is 0.000389. The molecule has 11 nitrogen and oxygen atoms in total. The third kappa shape index (κ3) is 8.50. The fraction of sp³-hybridized carbons (Fsp3) is 0.600. The summed E-state index contributed by atoms with van der Waals surface area (Å²) in [5.74, 6) is 1.56. The van der Waals surface area contributed by atoms with E-state index in [0.717, 1.165) is 83.4 Å². The molecule has 1 aliphatic rings. The van der Waals surface area contributed by atoms with E-state index in [1.54, 1.807) is 11.3 Å². The van der Waals surface area contributed by atoms with Crippen LogP contribution in [0.1, 0.15) is 57.8 Å². The molecule has 3 N–H and O–H groups in total. The van der Waals surface area contributed by atoms with Crippen LogP contribution in [0.4, 0.5) is 11.8 Å². The van der Waals surface area contributed by atoms with E-state index in [1.165, 1.54) is 0 Å². The summed E-state index contributed by atoms with van der Waals surface area (Å²) in [6.07, 6.45) is 5.49. The number of aromatic nitrogens is 4. The first kappa shape index (κ1) is 35.1. The van der Waals surface area contributed by atoms with E-state index in [4.69, 9.17) is 29.3 Å². The SMILES string of the molecule is C=O.C=O.CCC(CCNc1nc(NCC2(N(C)C)CCOCC2)nc(C)c1-c1nc2c(C)nccc2s1)C(C)(C)O. The summed E-state index contributed by atoms with van der Waals surface area (Å²) in [6, 6.07) is 2.01. The van der Waals surface area contributed by atoms with E-state index in [9.17, 15) is 5.11 Å². The van der Waals surface area contributed by atoms with Gasteiger partial charge in [0.05, 0.1) is 27.3 Å². The van der Waals surface area contributed by atoms with Crippen molar-refractivity contribution in [3.05, 3.63) is 23.7 Å². The van der Waals surface area contributed by atoms with Crippen LogP contribution < -0.4 is 10.6 Å². The number of fused-ring (bicyclic) bond motifs is 1. The van der Waals surface area contributed by atoms with E-state index in [-0.39, 0.29) is 11.5 Å². The number of rotatable bonds is 11. The average Bonchev–Trinajstić information content (AvgIpc) is 3.41. The number of pyridine rings is 1. The second-order valence-corrected chi connectivity index (χ2v) is 12.2. The van der Waals surface area contributed by atoms with Crippen LogP contribution in [0, 0.1) is 19.8 Å². The van der Waals surface area contributed by atoms with Gasteiger partial charge in [0.25, 0.3) is 0 Å². The second-order valence-electron chi connectivity index (χ2n) is 11.2.